The van der Waals surface area contributed by atoms with Crippen LogP contribution in [0.15, 0.2) is 67.4 Å². The van der Waals surface area contributed by atoms with Gasteiger partial charge in [0.1, 0.15) is 6.54 Å². The molecule has 28 heavy (non-hydrogen) atoms. The number of aromatic amines is 1. The summed E-state index contributed by atoms with van der Waals surface area (Å²) in [5.41, 5.74) is 3.03. The lowest BCUT2D eigenvalue weighted by molar-refractivity contribution is -0.121. The Morgan fingerprint density at radius 3 is 2.82 bits per heavy atom. The summed E-state index contributed by atoms with van der Waals surface area (Å²) in [6.07, 6.45) is 7.00. The number of hydrogen-bond donors (Lipinski definition) is 2. The fraction of sp³-hybridized carbons (Fsp3) is 0.143. The van der Waals surface area contributed by atoms with Crippen LogP contribution in [0.25, 0.3) is 10.9 Å². The van der Waals surface area contributed by atoms with Gasteiger partial charge in [-0.1, -0.05) is 47.5 Å². The largest absolute Gasteiger partial charge is 0.361 e. The number of fused-ring (bicyclic) bond motifs is 1. The third kappa shape index (κ3) is 3.91. The molecule has 2 aromatic heterocycles. The Balaban J connectivity index is 1.64. The number of H-pyrrole nitrogens is 1. The summed E-state index contributed by atoms with van der Waals surface area (Å²) in [6.45, 7) is 0.631. The normalized spacial score (nSPS) is 12.2. The van der Waals surface area contributed by atoms with E-state index in [1.165, 1.54) is 0 Å². The summed E-state index contributed by atoms with van der Waals surface area (Å²) < 4.78 is 1.73. The molecule has 1 atom stereocenters. The first-order chi connectivity index (χ1) is 13.6. The molecular formula is C21H18Cl2N4O. The molecule has 2 N–H and O–H groups in total. The highest BCUT2D eigenvalue weighted by molar-refractivity contribution is 6.35. The topological polar surface area (TPSA) is 62.7 Å². The molecule has 7 heteroatoms. The van der Waals surface area contributed by atoms with Crippen molar-refractivity contribution >= 4 is 40.0 Å². The highest BCUT2D eigenvalue weighted by Gasteiger charge is 2.21. The van der Waals surface area contributed by atoms with E-state index in [1.807, 2.05) is 36.5 Å². The molecular weight excluding hydrogens is 395 g/mol. The standard InChI is InChI=1S/C21H18Cl2N4O/c22-14-5-6-15(19(23)9-14)17(11-26-21(28)12-27-8-7-24-13-27)18-10-25-20-4-2-1-3-16(18)20/h1-10,13,17,25H,11-12H2,(H,26,28). The van der Waals surface area contributed by atoms with Crippen LogP contribution >= 0.6 is 23.2 Å². The molecule has 4 rings (SSSR count). The Bertz CT molecular complexity index is 1100. The van der Waals surface area contributed by atoms with Crippen molar-refractivity contribution in [2.24, 2.45) is 0 Å². The number of para-hydroxylation sites is 1. The van der Waals surface area contributed by atoms with Crippen LogP contribution in [0.3, 0.4) is 0 Å². The summed E-state index contributed by atoms with van der Waals surface area (Å²) in [5, 5.41) is 5.28. The number of imidazole rings is 1. The van der Waals surface area contributed by atoms with E-state index in [9.17, 15) is 4.79 Å². The van der Waals surface area contributed by atoms with Gasteiger partial charge in [-0.25, -0.2) is 4.98 Å². The van der Waals surface area contributed by atoms with Crippen LogP contribution in [0.4, 0.5) is 0 Å². The molecule has 142 valence electrons. The molecule has 5 nitrogen and oxygen atoms in total. The van der Waals surface area contributed by atoms with E-state index in [4.69, 9.17) is 23.2 Å². The van der Waals surface area contributed by atoms with Crippen LogP contribution in [-0.4, -0.2) is 27.0 Å². The van der Waals surface area contributed by atoms with E-state index in [0.29, 0.717) is 16.6 Å². The monoisotopic (exact) mass is 412 g/mol. The van der Waals surface area contributed by atoms with Crippen LogP contribution in [0, 0.1) is 0 Å². The number of carbonyl (C=O) groups excluding carboxylic acids is 1. The predicted molar refractivity (Wildman–Crippen MR) is 112 cm³/mol. The minimum absolute atomic E-state index is 0.0899. The smallest absolute Gasteiger partial charge is 0.240 e. The number of halogens is 2. The lowest BCUT2D eigenvalue weighted by Gasteiger charge is -2.20. The van der Waals surface area contributed by atoms with Crippen LogP contribution in [-0.2, 0) is 11.3 Å². The fourth-order valence-corrected chi connectivity index (χ4v) is 3.91. The quantitative estimate of drug-likeness (QED) is 0.485. The first-order valence-electron chi connectivity index (χ1n) is 8.85. The zero-order valence-electron chi connectivity index (χ0n) is 14.9. The highest BCUT2D eigenvalue weighted by atomic mass is 35.5. The average molecular weight is 413 g/mol. The molecule has 0 saturated carbocycles. The SMILES string of the molecule is O=C(Cn1ccnc1)NCC(c1ccc(Cl)cc1Cl)c1c[nH]c2ccccc12. The van der Waals surface area contributed by atoms with Gasteiger partial charge in [0.15, 0.2) is 0 Å². The van der Waals surface area contributed by atoms with Gasteiger partial charge in [-0.2, -0.15) is 0 Å². The number of carbonyl (C=O) groups is 1. The summed E-state index contributed by atoms with van der Waals surface area (Å²) in [5.74, 6) is -0.208. The van der Waals surface area contributed by atoms with Crippen molar-refractivity contribution in [2.45, 2.75) is 12.5 Å². The molecule has 2 aromatic carbocycles. The van der Waals surface area contributed by atoms with Crippen LogP contribution in [0.2, 0.25) is 10.0 Å². The second-order valence-corrected chi connectivity index (χ2v) is 7.39. The first-order valence-corrected chi connectivity index (χ1v) is 9.61. The van der Waals surface area contributed by atoms with E-state index in [0.717, 1.165) is 22.0 Å². The van der Waals surface area contributed by atoms with Crippen LogP contribution in [0.5, 0.6) is 0 Å². The van der Waals surface area contributed by atoms with Crippen LogP contribution < -0.4 is 5.32 Å². The second-order valence-electron chi connectivity index (χ2n) is 6.55. The summed E-state index contributed by atoms with van der Waals surface area (Å²) in [6, 6.07) is 13.5. The maximum atomic E-state index is 12.4. The summed E-state index contributed by atoms with van der Waals surface area (Å²) >= 11 is 12.6. The van der Waals surface area contributed by atoms with Crippen molar-refractivity contribution in [3.05, 3.63) is 88.6 Å². The van der Waals surface area contributed by atoms with E-state index >= 15 is 0 Å². The fourth-order valence-electron chi connectivity index (χ4n) is 3.37. The number of nitrogens with one attached hydrogen (secondary N) is 2. The number of nitrogens with zero attached hydrogens (tertiary/aromatic N) is 2. The van der Waals surface area contributed by atoms with Gasteiger partial charge < -0.3 is 14.9 Å². The Kier molecular flexibility index (Phi) is 5.37. The van der Waals surface area contributed by atoms with Gasteiger partial charge in [0.2, 0.25) is 5.91 Å². The number of rotatable bonds is 6. The van der Waals surface area contributed by atoms with Gasteiger partial charge in [-0.3, -0.25) is 4.79 Å². The van der Waals surface area contributed by atoms with E-state index in [-0.39, 0.29) is 18.4 Å². The summed E-state index contributed by atoms with van der Waals surface area (Å²) in [4.78, 5) is 19.7. The number of amides is 1. The molecule has 1 amide bonds. The molecule has 0 aliphatic rings. The van der Waals surface area contributed by atoms with Crippen molar-refractivity contribution < 1.29 is 4.79 Å². The van der Waals surface area contributed by atoms with Gasteiger partial charge in [-0.15, -0.1) is 0 Å². The molecule has 0 fully saturated rings. The van der Waals surface area contributed by atoms with Crippen molar-refractivity contribution in [1.82, 2.24) is 19.9 Å². The number of hydrogen-bond acceptors (Lipinski definition) is 2. The van der Waals surface area contributed by atoms with Gasteiger partial charge in [0.25, 0.3) is 0 Å². The van der Waals surface area contributed by atoms with Gasteiger partial charge >= 0.3 is 0 Å². The van der Waals surface area contributed by atoms with Crippen molar-refractivity contribution in [2.75, 3.05) is 6.54 Å². The Hall–Kier alpha value is -2.76. The van der Waals surface area contributed by atoms with Crippen molar-refractivity contribution in [3.63, 3.8) is 0 Å². The predicted octanol–water partition coefficient (Wildman–Crippen LogP) is 4.62. The lowest BCUT2D eigenvalue weighted by Crippen LogP contribution is -2.31. The molecule has 0 radical (unpaired) electrons. The number of benzene rings is 2. The molecule has 0 spiro atoms. The van der Waals surface area contributed by atoms with E-state index < -0.39 is 0 Å². The van der Waals surface area contributed by atoms with Gasteiger partial charge in [-0.05, 0) is 29.3 Å². The third-order valence-corrected chi connectivity index (χ3v) is 5.29. The molecule has 0 aliphatic carbocycles. The maximum Gasteiger partial charge on any atom is 0.240 e. The third-order valence-electron chi connectivity index (χ3n) is 4.72. The van der Waals surface area contributed by atoms with Gasteiger partial charge in [0, 0.05) is 52.0 Å². The first kappa shape index (κ1) is 18.6. The zero-order valence-corrected chi connectivity index (χ0v) is 16.4. The minimum atomic E-state index is -0.118. The van der Waals surface area contributed by atoms with Gasteiger partial charge in [0.05, 0.1) is 6.33 Å². The molecule has 2 heterocycles. The molecule has 1 unspecified atom stereocenters. The average Bonchev–Trinajstić information content (AvgIpc) is 3.33. The highest BCUT2D eigenvalue weighted by Crippen LogP contribution is 2.35. The second kappa shape index (κ2) is 8.09. The maximum absolute atomic E-state index is 12.4. The molecule has 0 aliphatic heterocycles. The Morgan fingerprint density at radius 1 is 1.18 bits per heavy atom. The molecule has 0 saturated heterocycles. The lowest BCUT2D eigenvalue weighted by atomic mass is 9.90. The summed E-state index contributed by atoms with van der Waals surface area (Å²) in [7, 11) is 0. The Morgan fingerprint density at radius 2 is 2.04 bits per heavy atom. The minimum Gasteiger partial charge on any atom is -0.361 e. The Labute approximate surface area is 172 Å². The molecule has 0 bridgehead atoms. The van der Waals surface area contributed by atoms with Crippen molar-refractivity contribution in [3.8, 4) is 0 Å². The van der Waals surface area contributed by atoms with E-state index in [1.54, 1.807) is 29.4 Å². The zero-order chi connectivity index (χ0) is 19.5. The van der Waals surface area contributed by atoms with E-state index in [2.05, 4.69) is 21.4 Å². The molecule has 4 aromatic rings. The number of aromatic nitrogens is 3. The van der Waals surface area contributed by atoms with Crippen molar-refractivity contribution in [1.29, 1.82) is 0 Å². The van der Waals surface area contributed by atoms with Crippen LogP contribution in [0.1, 0.15) is 17.0 Å².